The van der Waals surface area contributed by atoms with Crippen LogP contribution in [0.2, 0.25) is 0 Å². The van der Waals surface area contributed by atoms with Crippen molar-refractivity contribution in [1.29, 1.82) is 0 Å². The van der Waals surface area contributed by atoms with Crippen LogP contribution in [0.15, 0.2) is 6.07 Å². The molecule has 2 heterocycles. The quantitative estimate of drug-likeness (QED) is 0.888. The summed E-state index contributed by atoms with van der Waals surface area (Å²) in [4.78, 5) is 13.6. The van der Waals surface area contributed by atoms with Crippen molar-refractivity contribution in [3.8, 4) is 0 Å². The van der Waals surface area contributed by atoms with Crippen molar-refractivity contribution < 1.29 is 4.79 Å². The third-order valence-electron chi connectivity index (χ3n) is 2.46. The molecule has 16 heavy (non-hydrogen) atoms. The highest BCUT2D eigenvalue weighted by molar-refractivity contribution is 7.20. The van der Waals surface area contributed by atoms with Gasteiger partial charge in [0.15, 0.2) is 0 Å². The van der Waals surface area contributed by atoms with E-state index in [-0.39, 0.29) is 5.91 Å². The van der Waals surface area contributed by atoms with E-state index in [1.807, 2.05) is 31.6 Å². The van der Waals surface area contributed by atoms with Crippen molar-refractivity contribution in [2.24, 2.45) is 7.05 Å². The van der Waals surface area contributed by atoms with Crippen molar-refractivity contribution in [1.82, 2.24) is 15.1 Å². The number of fused-ring (bicyclic) bond motifs is 1. The van der Waals surface area contributed by atoms with Crippen molar-refractivity contribution in [2.75, 3.05) is 6.54 Å². The van der Waals surface area contributed by atoms with Crippen LogP contribution in [0.5, 0.6) is 0 Å². The normalized spacial score (nSPS) is 10.9. The van der Waals surface area contributed by atoms with Gasteiger partial charge in [-0.1, -0.05) is 6.92 Å². The highest BCUT2D eigenvalue weighted by atomic mass is 32.1. The summed E-state index contributed by atoms with van der Waals surface area (Å²) < 4.78 is 1.83. The zero-order valence-corrected chi connectivity index (χ0v) is 10.5. The first-order valence-electron chi connectivity index (χ1n) is 5.34. The molecule has 0 fully saturated rings. The second-order valence-corrected chi connectivity index (χ2v) is 4.83. The van der Waals surface area contributed by atoms with Crippen molar-refractivity contribution >= 4 is 27.5 Å². The molecule has 86 valence electrons. The van der Waals surface area contributed by atoms with Crippen LogP contribution >= 0.6 is 11.3 Å². The SMILES string of the molecule is CCCNC(=O)c1cc2c(C)nn(C)c2s1. The summed E-state index contributed by atoms with van der Waals surface area (Å²) in [5.74, 6) is 0.0162. The van der Waals surface area contributed by atoms with Gasteiger partial charge in [0.1, 0.15) is 4.83 Å². The third-order valence-corrected chi connectivity index (χ3v) is 3.66. The molecule has 0 saturated heterocycles. The minimum absolute atomic E-state index is 0.0162. The molecule has 0 saturated carbocycles. The Kier molecular flexibility index (Phi) is 2.96. The van der Waals surface area contributed by atoms with E-state index in [1.54, 1.807) is 0 Å². The summed E-state index contributed by atoms with van der Waals surface area (Å²) >= 11 is 1.49. The highest BCUT2D eigenvalue weighted by Gasteiger charge is 2.14. The second kappa shape index (κ2) is 4.25. The zero-order chi connectivity index (χ0) is 11.7. The molecule has 0 aromatic carbocycles. The number of thiophene rings is 1. The molecule has 0 aliphatic heterocycles. The molecule has 0 bridgehead atoms. The van der Waals surface area contributed by atoms with Crippen LogP contribution < -0.4 is 5.32 Å². The predicted octanol–water partition coefficient (Wildman–Crippen LogP) is 2.08. The lowest BCUT2D eigenvalue weighted by Gasteiger charge is -1.99. The molecule has 2 rings (SSSR count). The molecule has 4 nitrogen and oxygen atoms in total. The van der Waals surface area contributed by atoms with Gasteiger partial charge in [-0.05, 0) is 19.4 Å². The Morgan fingerprint density at radius 3 is 3.00 bits per heavy atom. The van der Waals surface area contributed by atoms with Gasteiger partial charge in [0.25, 0.3) is 5.91 Å². The van der Waals surface area contributed by atoms with Gasteiger partial charge in [-0.3, -0.25) is 9.48 Å². The molecule has 0 aliphatic rings. The number of hydrogen-bond donors (Lipinski definition) is 1. The lowest BCUT2D eigenvalue weighted by molar-refractivity contribution is 0.0958. The van der Waals surface area contributed by atoms with E-state index in [2.05, 4.69) is 10.4 Å². The lowest BCUT2D eigenvalue weighted by Crippen LogP contribution is -2.22. The first-order valence-corrected chi connectivity index (χ1v) is 6.16. The summed E-state index contributed by atoms with van der Waals surface area (Å²) in [6.45, 7) is 4.73. The minimum atomic E-state index is 0.0162. The summed E-state index contributed by atoms with van der Waals surface area (Å²) in [5, 5.41) is 8.27. The molecular formula is C11H15N3OS. The van der Waals surface area contributed by atoms with Gasteiger partial charge in [-0.2, -0.15) is 5.10 Å². The van der Waals surface area contributed by atoms with E-state index in [0.717, 1.165) is 33.8 Å². The number of carbonyl (C=O) groups excluding carboxylic acids is 1. The maximum atomic E-state index is 11.8. The van der Waals surface area contributed by atoms with Crippen LogP contribution in [0, 0.1) is 6.92 Å². The van der Waals surface area contributed by atoms with Gasteiger partial charge < -0.3 is 5.32 Å². The Balaban J connectivity index is 2.32. The van der Waals surface area contributed by atoms with Crippen LogP contribution in [-0.4, -0.2) is 22.2 Å². The fourth-order valence-corrected chi connectivity index (χ4v) is 2.68. The average molecular weight is 237 g/mol. The van der Waals surface area contributed by atoms with Crippen molar-refractivity contribution in [3.05, 3.63) is 16.6 Å². The van der Waals surface area contributed by atoms with Gasteiger partial charge in [0, 0.05) is 19.0 Å². The van der Waals surface area contributed by atoms with Gasteiger partial charge in [-0.25, -0.2) is 0 Å². The number of rotatable bonds is 3. The van der Waals surface area contributed by atoms with E-state index in [0.29, 0.717) is 0 Å². The van der Waals surface area contributed by atoms with Crippen molar-refractivity contribution in [3.63, 3.8) is 0 Å². The molecule has 2 aromatic rings. The Bertz CT molecular complexity index is 492. The molecule has 1 N–H and O–H groups in total. The topological polar surface area (TPSA) is 46.9 Å². The average Bonchev–Trinajstić information content (AvgIpc) is 2.79. The van der Waals surface area contributed by atoms with Gasteiger partial charge in [0.2, 0.25) is 0 Å². The molecule has 5 heteroatoms. The van der Waals surface area contributed by atoms with Gasteiger partial charge in [-0.15, -0.1) is 11.3 Å². The summed E-state index contributed by atoms with van der Waals surface area (Å²) in [6, 6.07) is 1.92. The maximum Gasteiger partial charge on any atom is 0.261 e. The molecule has 0 spiro atoms. The molecule has 0 radical (unpaired) electrons. The van der Waals surface area contributed by atoms with Gasteiger partial charge in [0.05, 0.1) is 10.6 Å². The summed E-state index contributed by atoms with van der Waals surface area (Å²) in [5.41, 5.74) is 0.975. The molecule has 0 atom stereocenters. The molecular weight excluding hydrogens is 222 g/mol. The Hall–Kier alpha value is -1.36. The predicted molar refractivity (Wildman–Crippen MR) is 66.0 cm³/mol. The van der Waals surface area contributed by atoms with Crippen LogP contribution in [-0.2, 0) is 7.05 Å². The molecule has 2 aromatic heterocycles. The summed E-state index contributed by atoms with van der Waals surface area (Å²) in [7, 11) is 1.90. The van der Waals surface area contributed by atoms with Crippen LogP contribution in [0.4, 0.5) is 0 Å². The van der Waals surface area contributed by atoms with E-state index >= 15 is 0 Å². The van der Waals surface area contributed by atoms with Crippen LogP contribution in [0.1, 0.15) is 28.7 Å². The van der Waals surface area contributed by atoms with Gasteiger partial charge >= 0.3 is 0 Å². The fraction of sp³-hybridized carbons (Fsp3) is 0.455. The number of amides is 1. The summed E-state index contributed by atoms with van der Waals surface area (Å²) in [6.07, 6.45) is 0.956. The van der Waals surface area contributed by atoms with Crippen molar-refractivity contribution in [2.45, 2.75) is 20.3 Å². The third kappa shape index (κ3) is 1.82. The fourth-order valence-electron chi connectivity index (χ4n) is 1.64. The number of nitrogens with zero attached hydrogens (tertiary/aromatic N) is 2. The first-order chi connectivity index (χ1) is 7.63. The number of aryl methyl sites for hydroxylation is 2. The molecule has 0 aliphatic carbocycles. The standard InChI is InChI=1S/C11H15N3OS/c1-4-5-12-10(15)9-6-8-7(2)13-14(3)11(8)16-9/h6H,4-5H2,1-3H3,(H,12,15). The number of hydrogen-bond acceptors (Lipinski definition) is 3. The maximum absolute atomic E-state index is 11.8. The largest absolute Gasteiger partial charge is 0.351 e. The van der Waals surface area contributed by atoms with Crippen LogP contribution in [0.3, 0.4) is 0 Å². The molecule has 0 unspecified atom stereocenters. The van der Waals surface area contributed by atoms with E-state index in [1.165, 1.54) is 11.3 Å². The smallest absolute Gasteiger partial charge is 0.261 e. The Morgan fingerprint density at radius 2 is 2.38 bits per heavy atom. The lowest BCUT2D eigenvalue weighted by atomic mass is 10.3. The minimum Gasteiger partial charge on any atom is -0.351 e. The number of nitrogens with one attached hydrogen (secondary N) is 1. The van der Waals surface area contributed by atoms with E-state index < -0.39 is 0 Å². The Labute approximate surface area is 98.3 Å². The van der Waals surface area contributed by atoms with E-state index in [9.17, 15) is 4.79 Å². The number of carbonyl (C=O) groups is 1. The van der Waals surface area contributed by atoms with Crippen LogP contribution in [0.25, 0.3) is 10.2 Å². The molecule has 1 amide bonds. The zero-order valence-electron chi connectivity index (χ0n) is 9.70. The highest BCUT2D eigenvalue weighted by Crippen LogP contribution is 2.27. The second-order valence-electron chi connectivity index (χ2n) is 3.79. The van der Waals surface area contributed by atoms with E-state index in [4.69, 9.17) is 0 Å². The number of aromatic nitrogens is 2. The Morgan fingerprint density at radius 1 is 1.62 bits per heavy atom. The monoisotopic (exact) mass is 237 g/mol. The first kappa shape index (κ1) is 11.1.